The van der Waals surface area contributed by atoms with Crippen molar-refractivity contribution in [1.29, 1.82) is 0 Å². The number of hydrogen-bond donors (Lipinski definition) is 2. The smallest absolute Gasteiger partial charge is 0.257 e. The number of amides is 2. The van der Waals surface area contributed by atoms with Crippen molar-refractivity contribution in [2.75, 3.05) is 5.32 Å². The lowest BCUT2D eigenvalue weighted by Crippen LogP contribution is -2.23. The first kappa shape index (κ1) is 22.0. The Hall–Kier alpha value is -4.26. The molecule has 2 aromatic heterocycles. The van der Waals surface area contributed by atoms with Gasteiger partial charge >= 0.3 is 0 Å². The molecule has 2 heterocycles. The van der Waals surface area contributed by atoms with Crippen LogP contribution >= 0.6 is 0 Å². The molecule has 4 rings (SSSR count). The van der Waals surface area contributed by atoms with Crippen LogP contribution in [0.25, 0.3) is 5.69 Å². The van der Waals surface area contributed by atoms with Crippen molar-refractivity contribution in [3.8, 4) is 5.69 Å². The number of nitrogens with zero attached hydrogens (tertiary/aromatic N) is 2. The minimum Gasteiger partial charge on any atom is -0.346 e. The second-order valence-corrected chi connectivity index (χ2v) is 7.64. The number of halogens is 1. The maximum Gasteiger partial charge on any atom is 0.257 e. The molecule has 0 atom stereocenters. The fourth-order valence-electron chi connectivity index (χ4n) is 3.69. The number of anilines is 1. The van der Waals surface area contributed by atoms with Crippen molar-refractivity contribution >= 4 is 17.5 Å². The van der Waals surface area contributed by atoms with E-state index in [0.717, 1.165) is 22.8 Å². The molecule has 0 saturated heterocycles. The van der Waals surface area contributed by atoms with Gasteiger partial charge in [-0.25, -0.2) is 4.39 Å². The molecule has 0 spiro atoms. The molecule has 0 radical (unpaired) electrons. The Morgan fingerprint density at radius 2 is 1.73 bits per heavy atom. The first-order chi connectivity index (χ1) is 15.9. The molecule has 6 nitrogen and oxygen atoms in total. The summed E-state index contributed by atoms with van der Waals surface area (Å²) >= 11 is 0. The van der Waals surface area contributed by atoms with Gasteiger partial charge in [0.15, 0.2) is 0 Å². The Balaban J connectivity index is 1.48. The summed E-state index contributed by atoms with van der Waals surface area (Å²) in [4.78, 5) is 29.7. The second-order valence-electron chi connectivity index (χ2n) is 7.64. The fourth-order valence-corrected chi connectivity index (χ4v) is 3.69. The molecule has 33 heavy (non-hydrogen) atoms. The van der Waals surface area contributed by atoms with E-state index < -0.39 is 0 Å². The van der Waals surface area contributed by atoms with E-state index in [1.54, 1.807) is 48.7 Å². The number of aromatic nitrogens is 2. The Labute approximate surface area is 191 Å². The third-order valence-electron chi connectivity index (χ3n) is 5.30. The maximum atomic E-state index is 13.3. The lowest BCUT2D eigenvalue weighted by molar-refractivity contribution is 0.0949. The Kier molecular flexibility index (Phi) is 6.31. The van der Waals surface area contributed by atoms with Crippen LogP contribution < -0.4 is 10.6 Å². The monoisotopic (exact) mass is 442 g/mol. The Bertz CT molecular complexity index is 1300. The average molecular weight is 442 g/mol. The Morgan fingerprint density at radius 1 is 0.939 bits per heavy atom. The quantitative estimate of drug-likeness (QED) is 0.450. The lowest BCUT2D eigenvalue weighted by atomic mass is 10.1. The standard InChI is InChI=1S/C26H23FN4O2/c1-17-14-24(18(2)31(17)23-11-9-20(27)10-12-23)26(33)30-21-8-5-6-19(15-21)25(32)29-16-22-7-3-4-13-28-22/h3-15H,16H2,1-2H3,(H,29,32)(H,30,33). The van der Waals surface area contributed by atoms with Gasteiger partial charge in [0, 0.05) is 34.5 Å². The van der Waals surface area contributed by atoms with Crippen LogP contribution in [-0.2, 0) is 6.54 Å². The second kappa shape index (κ2) is 9.48. The molecule has 0 fully saturated rings. The zero-order valence-electron chi connectivity index (χ0n) is 18.3. The van der Waals surface area contributed by atoms with Crippen LogP contribution in [0.3, 0.4) is 0 Å². The number of pyridine rings is 1. The molecular formula is C26H23FN4O2. The van der Waals surface area contributed by atoms with Crippen LogP contribution in [-0.4, -0.2) is 21.4 Å². The minimum absolute atomic E-state index is 0.258. The highest BCUT2D eigenvalue weighted by Gasteiger charge is 2.17. The number of nitrogens with one attached hydrogen (secondary N) is 2. The summed E-state index contributed by atoms with van der Waals surface area (Å²) in [5.41, 5.74) is 4.57. The summed E-state index contributed by atoms with van der Waals surface area (Å²) in [5.74, 6) is -0.864. The van der Waals surface area contributed by atoms with Gasteiger partial charge in [-0.3, -0.25) is 14.6 Å². The normalized spacial score (nSPS) is 10.6. The average Bonchev–Trinajstić information content (AvgIpc) is 3.13. The van der Waals surface area contributed by atoms with Gasteiger partial charge in [0.05, 0.1) is 17.8 Å². The predicted octanol–water partition coefficient (Wildman–Crippen LogP) is 4.81. The van der Waals surface area contributed by atoms with E-state index in [-0.39, 0.29) is 17.6 Å². The van der Waals surface area contributed by atoms with Crippen molar-refractivity contribution < 1.29 is 14.0 Å². The summed E-state index contributed by atoms with van der Waals surface area (Å²) in [7, 11) is 0. The molecule has 0 bridgehead atoms. The molecule has 0 aliphatic heterocycles. The van der Waals surface area contributed by atoms with Crippen molar-refractivity contribution in [3.05, 3.63) is 113 Å². The maximum absolute atomic E-state index is 13.3. The molecule has 0 aliphatic carbocycles. The summed E-state index contributed by atoms with van der Waals surface area (Å²) < 4.78 is 15.2. The van der Waals surface area contributed by atoms with Gasteiger partial charge in [-0.15, -0.1) is 0 Å². The van der Waals surface area contributed by atoms with Crippen molar-refractivity contribution in [3.63, 3.8) is 0 Å². The summed E-state index contributed by atoms with van der Waals surface area (Å²) in [6.45, 7) is 4.04. The zero-order valence-corrected chi connectivity index (χ0v) is 18.3. The van der Waals surface area contributed by atoms with Gasteiger partial charge in [-0.1, -0.05) is 12.1 Å². The first-order valence-corrected chi connectivity index (χ1v) is 10.5. The molecular weight excluding hydrogens is 419 g/mol. The molecule has 2 N–H and O–H groups in total. The summed E-state index contributed by atoms with van der Waals surface area (Å²) in [6, 6.07) is 20.2. The molecule has 7 heteroatoms. The van der Waals surface area contributed by atoms with E-state index in [9.17, 15) is 14.0 Å². The highest BCUT2D eigenvalue weighted by molar-refractivity contribution is 6.06. The number of hydrogen-bond acceptors (Lipinski definition) is 3. The molecule has 4 aromatic rings. The molecule has 0 saturated carbocycles. The van der Waals surface area contributed by atoms with Crippen LogP contribution in [0, 0.1) is 19.7 Å². The third kappa shape index (κ3) is 4.98. The van der Waals surface area contributed by atoms with Crippen LogP contribution in [0.4, 0.5) is 10.1 Å². The van der Waals surface area contributed by atoms with Crippen molar-refractivity contribution in [1.82, 2.24) is 14.9 Å². The number of carbonyl (C=O) groups is 2. The van der Waals surface area contributed by atoms with Crippen LogP contribution in [0.5, 0.6) is 0 Å². The summed E-state index contributed by atoms with van der Waals surface area (Å²) in [6.07, 6.45) is 1.67. The van der Waals surface area contributed by atoms with Gasteiger partial charge in [0.2, 0.25) is 0 Å². The van der Waals surface area contributed by atoms with Crippen LogP contribution in [0.1, 0.15) is 37.8 Å². The highest BCUT2D eigenvalue weighted by Crippen LogP contribution is 2.22. The minimum atomic E-state index is -0.317. The van der Waals surface area contributed by atoms with E-state index in [0.29, 0.717) is 23.4 Å². The fraction of sp³-hybridized carbons (Fsp3) is 0.115. The number of aryl methyl sites for hydroxylation is 1. The Morgan fingerprint density at radius 3 is 2.45 bits per heavy atom. The number of carbonyl (C=O) groups excluding carboxylic acids is 2. The van der Waals surface area contributed by atoms with Crippen molar-refractivity contribution in [2.45, 2.75) is 20.4 Å². The molecule has 0 aliphatic rings. The van der Waals surface area contributed by atoms with Crippen molar-refractivity contribution in [2.24, 2.45) is 0 Å². The topological polar surface area (TPSA) is 76.0 Å². The predicted molar refractivity (Wildman–Crippen MR) is 125 cm³/mol. The largest absolute Gasteiger partial charge is 0.346 e. The third-order valence-corrected chi connectivity index (χ3v) is 5.30. The molecule has 2 amide bonds. The first-order valence-electron chi connectivity index (χ1n) is 10.5. The molecule has 0 unspecified atom stereocenters. The van der Waals surface area contributed by atoms with Gasteiger partial charge in [0.1, 0.15) is 5.82 Å². The number of rotatable bonds is 6. The van der Waals surface area contributed by atoms with E-state index in [1.807, 2.05) is 36.6 Å². The van der Waals surface area contributed by atoms with Gasteiger partial charge in [-0.2, -0.15) is 0 Å². The van der Waals surface area contributed by atoms with Crippen LogP contribution in [0.15, 0.2) is 79.0 Å². The van der Waals surface area contributed by atoms with Crippen LogP contribution in [0.2, 0.25) is 0 Å². The van der Waals surface area contributed by atoms with E-state index >= 15 is 0 Å². The zero-order chi connectivity index (χ0) is 23.4. The van der Waals surface area contributed by atoms with Gasteiger partial charge in [-0.05, 0) is 74.5 Å². The lowest BCUT2D eigenvalue weighted by Gasteiger charge is -2.11. The molecule has 2 aromatic carbocycles. The van der Waals surface area contributed by atoms with E-state index in [4.69, 9.17) is 0 Å². The van der Waals surface area contributed by atoms with E-state index in [1.165, 1.54) is 12.1 Å². The van der Waals surface area contributed by atoms with Gasteiger partial charge < -0.3 is 15.2 Å². The summed E-state index contributed by atoms with van der Waals surface area (Å²) in [5, 5.41) is 5.69. The SMILES string of the molecule is Cc1cc(C(=O)Nc2cccc(C(=O)NCc3ccccn3)c2)c(C)n1-c1ccc(F)cc1. The number of benzene rings is 2. The van der Waals surface area contributed by atoms with Gasteiger partial charge in [0.25, 0.3) is 11.8 Å². The molecule has 166 valence electrons. The van der Waals surface area contributed by atoms with E-state index in [2.05, 4.69) is 15.6 Å². The highest BCUT2D eigenvalue weighted by atomic mass is 19.1.